The average molecular weight is 452 g/mol. The van der Waals surface area contributed by atoms with Crippen LogP contribution in [-0.2, 0) is 11.3 Å². The molecular weight excluding hydrogens is 422 g/mol. The lowest BCUT2D eigenvalue weighted by Gasteiger charge is -2.26. The molecule has 3 aromatic rings. The molecule has 4 rings (SSSR count). The van der Waals surface area contributed by atoms with E-state index >= 15 is 0 Å². The van der Waals surface area contributed by atoms with E-state index in [4.69, 9.17) is 9.72 Å². The van der Waals surface area contributed by atoms with Gasteiger partial charge in [0.05, 0.1) is 24.1 Å². The van der Waals surface area contributed by atoms with Crippen LogP contribution in [0.5, 0.6) is 0 Å². The molecule has 168 valence electrons. The number of morpholine rings is 1. The van der Waals surface area contributed by atoms with E-state index in [1.807, 2.05) is 59.2 Å². The van der Waals surface area contributed by atoms with E-state index in [-0.39, 0.29) is 11.3 Å². The maximum atomic E-state index is 13.2. The highest BCUT2D eigenvalue weighted by molar-refractivity contribution is 7.99. The first-order chi connectivity index (χ1) is 15.7. The van der Waals surface area contributed by atoms with Crippen LogP contribution < -0.4 is 5.56 Å². The van der Waals surface area contributed by atoms with Crippen LogP contribution in [-0.4, -0.2) is 58.8 Å². The smallest absolute Gasteiger partial charge is 0.262 e. The number of hydrogen-bond acceptors (Lipinski definition) is 6. The van der Waals surface area contributed by atoms with Crippen molar-refractivity contribution in [1.29, 1.82) is 0 Å². The SMILES string of the molecule is O=C(CCCSc1nc2ccccc2c(=O)n1CCCN1CCOCC1)c1ccccc1. The van der Waals surface area contributed by atoms with Gasteiger partial charge in [0, 0.05) is 43.9 Å². The van der Waals surface area contributed by atoms with Crippen LogP contribution in [0.2, 0.25) is 0 Å². The van der Waals surface area contributed by atoms with Gasteiger partial charge in [0.2, 0.25) is 0 Å². The van der Waals surface area contributed by atoms with Crippen molar-refractivity contribution < 1.29 is 9.53 Å². The fourth-order valence-electron chi connectivity index (χ4n) is 3.90. The number of carbonyl (C=O) groups is 1. The number of carbonyl (C=O) groups excluding carboxylic acids is 1. The second-order valence-corrected chi connectivity index (χ2v) is 8.98. The zero-order valence-electron chi connectivity index (χ0n) is 18.2. The molecule has 2 aromatic carbocycles. The summed E-state index contributed by atoms with van der Waals surface area (Å²) in [5.41, 5.74) is 1.49. The van der Waals surface area contributed by atoms with Crippen LogP contribution >= 0.6 is 11.8 Å². The van der Waals surface area contributed by atoms with Crippen LogP contribution in [0, 0.1) is 0 Å². The van der Waals surface area contributed by atoms with E-state index in [1.165, 1.54) is 0 Å². The molecule has 1 saturated heterocycles. The Morgan fingerprint density at radius 1 is 0.969 bits per heavy atom. The predicted octanol–water partition coefficient (Wildman–Crippen LogP) is 3.87. The van der Waals surface area contributed by atoms with Crippen molar-refractivity contribution in [3.8, 4) is 0 Å². The Kier molecular flexibility index (Phi) is 8.09. The summed E-state index contributed by atoms with van der Waals surface area (Å²) >= 11 is 1.57. The number of hydrogen-bond donors (Lipinski definition) is 0. The first kappa shape index (κ1) is 22.7. The highest BCUT2D eigenvalue weighted by Gasteiger charge is 2.14. The number of benzene rings is 2. The Balaban J connectivity index is 1.41. The molecule has 2 heterocycles. The van der Waals surface area contributed by atoms with Gasteiger partial charge in [0.15, 0.2) is 10.9 Å². The number of thioether (sulfide) groups is 1. The maximum Gasteiger partial charge on any atom is 0.262 e. The van der Waals surface area contributed by atoms with E-state index in [0.29, 0.717) is 18.4 Å². The summed E-state index contributed by atoms with van der Waals surface area (Å²) in [6, 6.07) is 16.9. The van der Waals surface area contributed by atoms with Gasteiger partial charge in [-0.25, -0.2) is 4.98 Å². The highest BCUT2D eigenvalue weighted by atomic mass is 32.2. The van der Waals surface area contributed by atoms with E-state index in [2.05, 4.69) is 4.90 Å². The Morgan fingerprint density at radius 3 is 2.53 bits per heavy atom. The molecule has 6 nitrogen and oxygen atoms in total. The molecule has 7 heteroatoms. The quantitative estimate of drug-likeness (QED) is 0.202. The topological polar surface area (TPSA) is 64.4 Å². The minimum absolute atomic E-state index is 0.0143. The molecule has 0 atom stereocenters. The van der Waals surface area contributed by atoms with Gasteiger partial charge in [-0.1, -0.05) is 54.2 Å². The zero-order valence-corrected chi connectivity index (χ0v) is 19.1. The van der Waals surface area contributed by atoms with Gasteiger partial charge in [-0.3, -0.25) is 19.1 Å². The molecule has 0 saturated carbocycles. The van der Waals surface area contributed by atoms with Crippen LogP contribution in [0.4, 0.5) is 0 Å². The van der Waals surface area contributed by atoms with E-state index < -0.39 is 0 Å². The lowest BCUT2D eigenvalue weighted by Crippen LogP contribution is -2.37. The Morgan fingerprint density at radius 2 is 1.72 bits per heavy atom. The van der Waals surface area contributed by atoms with E-state index in [9.17, 15) is 9.59 Å². The van der Waals surface area contributed by atoms with Crippen molar-refractivity contribution in [1.82, 2.24) is 14.5 Å². The molecule has 32 heavy (non-hydrogen) atoms. The summed E-state index contributed by atoms with van der Waals surface area (Å²) in [6.45, 7) is 5.03. The molecule has 1 aliphatic rings. The summed E-state index contributed by atoms with van der Waals surface area (Å²) in [7, 11) is 0. The highest BCUT2D eigenvalue weighted by Crippen LogP contribution is 2.20. The number of para-hydroxylation sites is 1. The molecule has 0 unspecified atom stereocenters. The third kappa shape index (κ3) is 5.85. The molecule has 0 aliphatic carbocycles. The van der Waals surface area contributed by atoms with Gasteiger partial charge in [-0.05, 0) is 25.0 Å². The van der Waals surface area contributed by atoms with Gasteiger partial charge < -0.3 is 4.74 Å². The lowest BCUT2D eigenvalue weighted by atomic mass is 10.1. The van der Waals surface area contributed by atoms with Crippen molar-refractivity contribution in [2.24, 2.45) is 0 Å². The molecule has 0 N–H and O–H groups in total. The van der Waals surface area contributed by atoms with Crippen molar-refractivity contribution in [3.05, 3.63) is 70.5 Å². The summed E-state index contributed by atoms with van der Waals surface area (Å²) in [5, 5.41) is 1.39. The van der Waals surface area contributed by atoms with Gasteiger partial charge in [0.25, 0.3) is 5.56 Å². The van der Waals surface area contributed by atoms with Crippen molar-refractivity contribution in [3.63, 3.8) is 0 Å². The van der Waals surface area contributed by atoms with Gasteiger partial charge >= 0.3 is 0 Å². The lowest BCUT2D eigenvalue weighted by molar-refractivity contribution is 0.0368. The van der Waals surface area contributed by atoms with Gasteiger partial charge in [-0.15, -0.1) is 0 Å². The second kappa shape index (κ2) is 11.4. The van der Waals surface area contributed by atoms with E-state index in [1.54, 1.807) is 11.8 Å². The summed E-state index contributed by atoms with van der Waals surface area (Å²) in [6.07, 6.45) is 2.13. The molecule has 0 amide bonds. The number of rotatable bonds is 10. The molecule has 0 radical (unpaired) electrons. The van der Waals surface area contributed by atoms with Crippen molar-refractivity contribution >= 4 is 28.4 Å². The van der Waals surface area contributed by atoms with Crippen LogP contribution in [0.1, 0.15) is 29.6 Å². The molecular formula is C25H29N3O3S. The Hall–Kier alpha value is -2.48. The second-order valence-electron chi connectivity index (χ2n) is 7.92. The minimum atomic E-state index is 0.0143. The molecule has 0 bridgehead atoms. The van der Waals surface area contributed by atoms with Crippen LogP contribution in [0.15, 0.2) is 64.5 Å². The van der Waals surface area contributed by atoms with E-state index in [0.717, 1.165) is 67.7 Å². The Bertz CT molecular complexity index is 1090. The van der Waals surface area contributed by atoms with Gasteiger partial charge in [0.1, 0.15) is 0 Å². The maximum absolute atomic E-state index is 13.2. The van der Waals surface area contributed by atoms with Crippen molar-refractivity contribution in [2.45, 2.75) is 31.0 Å². The predicted molar refractivity (Wildman–Crippen MR) is 129 cm³/mol. The third-order valence-electron chi connectivity index (χ3n) is 5.66. The molecule has 1 fully saturated rings. The molecule has 0 spiro atoms. The summed E-state index contributed by atoms with van der Waals surface area (Å²) in [4.78, 5) is 32.7. The first-order valence-corrected chi connectivity index (χ1v) is 12.2. The standard InChI is InChI=1S/C25H29N3O3S/c29-23(20-8-2-1-3-9-20)12-6-19-32-25-26-22-11-5-4-10-21(22)24(30)28(25)14-7-13-27-15-17-31-18-16-27/h1-5,8-11H,6-7,12-19H2. The molecule has 1 aliphatic heterocycles. The fourth-order valence-corrected chi connectivity index (χ4v) is 4.86. The zero-order chi connectivity index (χ0) is 22.2. The minimum Gasteiger partial charge on any atom is -0.379 e. The summed E-state index contributed by atoms with van der Waals surface area (Å²) in [5.74, 6) is 0.896. The third-order valence-corrected chi connectivity index (χ3v) is 6.72. The number of ketones is 1. The Labute approximate surface area is 192 Å². The normalized spacial score (nSPS) is 14.6. The van der Waals surface area contributed by atoms with Gasteiger partial charge in [-0.2, -0.15) is 0 Å². The van der Waals surface area contributed by atoms with Crippen molar-refractivity contribution in [2.75, 3.05) is 38.6 Å². The number of nitrogens with zero attached hydrogens (tertiary/aromatic N) is 3. The largest absolute Gasteiger partial charge is 0.379 e. The first-order valence-electron chi connectivity index (χ1n) is 11.2. The monoisotopic (exact) mass is 451 g/mol. The van der Waals surface area contributed by atoms with Crippen LogP contribution in [0.25, 0.3) is 10.9 Å². The molecule has 1 aromatic heterocycles. The van der Waals surface area contributed by atoms with Crippen LogP contribution in [0.3, 0.4) is 0 Å². The summed E-state index contributed by atoms with van der Waals surface area (Å²) < 4.78 is 7.23. The number of fused-ring (bicyclic) bond motifs is 1. The number of Topliss-reactive ketones (excluding diaryl/α,β-unsaturated/α-hetero) is 1. The average Bonchev–Trinajstić information content (AvgIpc) is 2.84. The number of aromatic nitrogens is 2. The fraction of sp³-hybridized carbons (Fsp3) is 0.400. The number of ether oxygens (including phenoxy) is 1.